The Bertz CT molecular complexity index is 997. The minimum atomic E-state index is -0.424. The number of nitrogens with zero attached hydrogens (tertiary/aromatic N) is 1. The molecule has 0 aromatic heterocycles. The Morgan fingerprint density at radius 2 is 1.50 bits per heavy atom. The summed E-state index contributed by atoms with van der Waals surface area (Å²) in [7, 11) is 0. The predicted molar refractivity (Wildman–Crippen MR) is 120 cm³/mol. The quantitative estimate of drug-likeness (QED) is 0.680. The molecule has 3 aromatic carbocycles. The topological polar surface area (TPSA) is 53.6 Å². The van der Waals surface area contributed by atoms with Crippen LogP contribution in [0.1, 0.15) is 17.0 Å². The summed E-state index contributed by atoms with van der Waals surface area (Å²) in [6, 6.07) is 24.6. The van der Waals surface area contributed by atoms with E-state index < -0.39 is 6.09 Å². The molecule has 2 aliphatic rings. The summed E-state index contributed by atoms with van der Waals surface area (Å²) in [4.78, 5) is 14.8. The van der Waals surface area contributed by atoms with Crippen molar-refractivity contribution >= 4 is 17.5 Å². The lowest BCUT2D eigenvalue weighted by Gasteiger charge is -2.29. The van der Waals surface area contributed by atoms with Crippen LogP contribution in [0, 0.1) is 0 Å². The molecule has 30 heavy (non-hydrogen) atoms. The molecule has 0 radical (unpaired) electrons. The number of carbonyl (C=O) groups excluding carboxylic acids is 1. The zero-order valence-electron chi connectivity index (χ0n) is 16.8. The maximum atomic E-state index is 12.4. The van der Waals surface area contributed by atoms with Crippen LogP contribution in [-0.2, 0) is 4.74 Å². The van der Waals surface area contributed by atoms with E-state index in [4.69, 9.17) is 4.74 Å². The second-order valence-corrected chi connectivity index (χ2v) is 7.73. The summed E-state index contributed by atoms with van der Waals surface area (Å²) in [5.41, 5.74) is 6.80. The number of rotatable bonds is 4. The number of hydrogen-bond donors (Lipinski definition) is 2. The van der Waals surface area contributed by atoms with Gasteiger partial charge in [-0.25, -0.2) is 4.79 Å². The molecule has 2 N–H and O–H groups in total. The lowest BCUT2D eigenvalue weighted by molar-refractivity contribution is 0.158. The number of piperazine rings is 1. The molecule has 0 spiro atoms. The Morgan fingerprint density at radius 1 is 0.900 bits per heavy atom. The summed E-state index contributed by atoms with van der Waals surface area (Å²) >= 11 is 0. The molecule has 1 saturated heterocycles. The average Bonchev–Trinajstić information content (AvgIpc) is 3.13. The third-order valence-electron chi connectivity index (χ3n) is 5.94. The van der Waals surface area contributed by atoms with E-state index in [1.807, 2.05) is 36.4 Å². The van der Waals surface area contributed by atoms with Crippen LogP contribution < -0.4 is 15.5 Å². The van der Waals surface area contributed by atoms with E-state index in [1.165, 1.54) is 27.9 Å². The number of amides is 1. The molecule has 5 heteroatoms. The fraction of sp³-hybridized carbons (Fsp3) is 0.240. The molecule has 0 atom stereocenters. The highest BCUT2D eigenvalue weighted by atomic mass is 16.5. The van der Waals surface area contributed by atoms with Crippen molar-refractivity contribution in [2.24, 2.45) is 0 Å². The van der Waals surface area contributed by atoms with E-state index in [9.17, 15) is 4.79 Å². The van der Waals surface area contributed by atoms with Crippen molar-refractivity contribution in [2.45, 2.75) is 5.92 Å². The summed E-state index contributed by atoms with van der Waals surface area (Å²) < 4.78 is 5.62. The van der Waals surface area contributed by atoms with Gasteiger partial charge in [-0.1, -0.05) is 48.5 Å². The van der Waals surface area contributed by atoms with Gasteiger partial charge in [0.25, 0.3) is 0 Å². The molecular formula is C25H25N3O2. The van der Waals surface area contributed by atoms with Gasteiger partial charge in [0.05, 0.1) is 0 Å². The number of nitrogens with one attached hydrogen (secondary N) is 2. The van der Waals surface area contributed by atoms with E-state index in [0.717, 1.165) is 31.9 Å². The number of carbonyl (C=O) groups is 1. The normalized spacial score (nSPS) is 15.4. The summed E-state index contributed by atoms with van der Waals surface area (Å²) in [5, 5.41) is 6.21. The van der Waals surface area contributed by atoms with Gasteiger partial charge >= 0.3 is 6.09 Å². The van der Waals surface area contributed by atoms with Crippen molar-refractivity contribution in [3.8, 4) is 11.1 Å². The lowest BCUT2D eigenvalue weighted by Crippen LogP contribution is -2.43. The zero-order valence-corrected chi connectivity index (χ0v) is 16.8. The Labute approximate surface area is 176 Å². The van der Waals surface area contributed by atoms with Gasteiger partial charge < -0.3 is 15.0 Å². The van der Waals surface area contributed by atoms with Gasteiger partial charge in [0.15, 0.2) is 0 Å². The van der Waals surface area contributed by atoms with Gasteiger partial charge in [0.1, 0.15) is 6.61 Å². The van der Waals surface area contributed by atoms with Crippen LogP contribution in [0.3, 0.4) is 0 Å². The second kappa shape index (κ2) is 8.20. The highest BCUT2D eigenvalue weighted by Crippen LogP contribution is 2.44. The maximum Gasteiger partial charge on any atom is 0.411 e. The van der Waals surface area contributed by atoms with Crippen LogP contribution in [-0.4, -0.2) is 38.9 Å². The number of benzene rings is 3. The highest BCUT2D eigenvalue weighted by molar-refractivity contribution is 5.85. The molecule has 1 amide bonds. The Hall–Kier alpha value is -3.31. The van der Waals surface area contributed by atoms with Crippen LogP contribution in [0.4, 0.5) is 16.2 Å². The predicted octanol–water partition coefficient (Wildman–Crippen LogP) is 4.46. The lowest BCUT2D eigenvalue weighted by atomic mass is 9.98. The van der Waals surface area contributed by atoms with Gasteiger partial charge in [-0.2, -0.15) is 0 Å². The average molecular weight is 399 g/mol. The van der Waals surface area contributed by atoms with Crippen LogP contribution in [0.25, 0.3) is 11.1 Å². The standard InChI is InChI=1S/C25H25N3O2/c29-25(27-18-9-11-19(12-10-18)28-15-13-26-14-16-28)30-17-24-22-7-3-1-5-20(22)21-6-2-4-8-23(21)24/h1-12,24,26H,13-17H2,(H,27,29). The van der Waals surface area contributed by atoms with Crippen molar-refractivity contribution in [3.05, 3.63) is 83.9 Å². The van der Waals surface area contributed by atoms with E-state index in [2.05, 4.69) is 51.9 Å². The Morgan fingerprint density at radius 3 is 2.13 bits per heavy atom. The number of anilines is 2. The van der Waals surface area contributed by atoms with Gasteiger partial charge in [-0.15, -0.1) is 0 Å². The molecule has 1 aliphatic heterocycles. The van der Waals surface area contributed by atoms with Crippen molar-refractivity contribution in [3.63, 3.8) is 0 Å². The first kappa shape index (κ1) is 18.7. The van der Waals surface area contributed by atoms with E-state index in [0.29, 0.717) is 6.61 Å². The summed E-state index contributed by atoms with van der Waals surface area (Å²) in [6.45, 7) is 4.32. The highest BCUT2D eigenvalue weighted by Gasteiger charge is 2.29. The zero-order chi connectivity index (χ0) is 20.3. The molecule has 5 rings (SSSR count). The van der Waals surface area contributed by atoms with Gasteiger partial charge in [0, 0.05) is 43.5 Å². The molecular weight excluding hydrogens is 374 g/mol. The van der Waals surface area contributed by atoms with Crippen LogP contribution in [0.15, 0.2) is 72.8 Å². The van der Waals surface area contributed by atoms with E-state index >= 15 is 0 Å². The SMILES string of the molecule is O=C(Nc1ccc(N2CCNCC2)cc1)OCC1c2ccccc2-c2ccccc21. The van der Waals surface area contributed by atoms with Gasteiger partial charge in [-0.3, -0.25) is 5.32 Å². The second-order valence-electron chi connectivity index (χ2n) is 7.73. The fourth-order valence-corrected chi connectivity index (χ4v) is 4.43. The summed E-state index contributed by atoms with van der Waals surface area (Å²) in [6.07, 6.45) is -0.424. The molecule has 0 unspecified atom stereocenters. The molecule has 1 fully saturated rings. The van der Waals surface area contributed by atoms with E-state index in [1.54, 1.807) is 0 Å². The Kier molecular flexibility index (Phi) is 5.11. The van der Waals surface area contributed by atoms with Crippen molar-refractivity contribution in [1.82, 2.24) is 5.32 Å². The van der Waals surface area contributed by atoms with Crippen LogP contribution >= 0.6 is 0 Å². The van der Waals surface area contributed by atoms with Crippen molar-refractivity contribution < 1.29 is 9.53 Å². The first-order valence-corrected chi connectivity index (χ1v) is 10.5. The fourth-order valence-electron chi connectivity index (χ4n) is 4.43. The first-order valence-electron chi connectivity index (χ1n) is 10.5. The Balaban J connectivity index is 1.23. The largest absolute Gasteiger partial charge is 0.448 e. The van der Waals surface area contributed by atoms with Crippen LogP contribution in [0.2, 0.25) is 0 Å². The van der Waals surface area contributed by atoms with Gasteiger partial charge in [-0.05, 0) is 46.5 Å². The van der Waals surface area contributed by atoms with Crippen molar-refractivity contribution in [1.29, 1.82) is 0 Å². The maximum absolute atomic E-state index is 12.4. The minimum Gasteiger partial charge on any atom is -0.448 e. The number of ether oxygens (including phenoxy) is 1. The first-order chi connectivity index (χ1) is 14.8. The molecule has 3 aromatic rings. The number of fused-ring (bicyclic) bond motifs is 3. The minimum absolute atomic E-state index is 0.0678. The van der Waals surface area contributed by atoms with Gasteiger partial charge in [0.2, 0.25) is 0 Å². The van der Waals surface area contributed by atoms with Crippen LogP contribution in [0.5, 0.6) is 0 Å². The molecule has 152 valence electrons. The molecule has 0 saturated carbocycles. The molecule has 5 nitrogen and oxygen atoms in total. The van der Waals surface area contributed by atoms with E-state index in [-0.39, 0.29) is 5.92 Å². The third-order valence-corrected chi connectivity index (χ3v) is 5.94. The summed E-state index contributed by atoms with van der Waals surface area (Å²) in [5.74, 6) is 0.0678. The molecule has 0 bridgehead atoms. The third kappa shape index (κ3) is 3.64. The molecule has 1 aliphatic carbocycles. The van der Waals surface area contributed by atoms with Crippen molar-refractivity contribution in [2.75, 3.05) is 43.0 Å². The number of hydrogen-bond acceptors (Lipinski definition) is 4. The molecule has 1 heterocycles. The monoisotopic (exact) mass is 399 g/mol. The smallest absolute Gasteiger partial charge is 0.411 e.